The Morgan fingerprint density at radius 2 is 2.31 bits per heavy atom. The molecule has 0 fully saturated rings. The standard InChI is InChI=1S/C11H13NO4/c12-7-1-2-9-8(4-7)11(15)6(5-16-9)3-10(13)14/h1-2,4,6,11,15H,3,5,12H2,(H,13,14). The molecule has 5 nitrogen and oxygen atoms in total. The number of hydrogen-bond donors (Lipinski definition) is 3. The number of rotatable bonds is 2. The summed E-state index contributed by atoms with van der Waals surface area (Å²) >= 11 is 0. The predicted molar refractivity (Wildman–Crippen MR) is 57.1 cm³/mol. The molecule has 2 atom stereocenters. The first-order chi connectivity index (χ1) is 7.58. The number of anilines is 1. The van der Waals surface area contributed by atoms with Gasteiger partial charge in [-0.1, -0.05) is 0 Å². The van der Waals surface area contributed by atoms with Crippen molar-refractivity contribution in [2.75, 3.05) is 12.3 Å². The van der Waals surface area contributed by atoms with Gasteiger partial charge >= 0.3 is 5.97 Å². The number of nitrogen functional groups attached to an aromatic ring is 1. The van der Waals surface area contributed by atoms with Crippen LogP contribution in [0.25, 0.3) is 0 Å². The van der Waals surface area contributed by atoms with E-state index < -0.39 is 18.0 Å². The van der Waals surface area contributed by atoms with Crippen molar-refractivity contribution in [1.82, 2.24) is 0 Å². The summed E-state index contributed by atoms with van der Waals surface area (Å²) in [4.78, 5) is 10.6. The smallest absolute Gasteiger partial charge is 0.303 e. The van der Waals surface area contributed by atoms with Gasteiger partial charge in [0.2, 0.25) is 0 Å². The maximum absolute atomic E-state index is 10.6. The van der Waals surface area contributed by atoms with Crippen LogP contribution in [0, 0.1) is 5.92 Å². The zero-order valence-electron chi connectivity index (χ0n) is 8.59. The lowest BCUT2D eigenvalue weighted by Gasteiger charge is -2.29. The fraction of sp³-hybridized carbons (Fsp3) is 0.364. The predicted octanol–water partition coefficient (Wildman–Crippen LogP) is 0.786. The molecule has 1 aromatic carbocycles. The van der Waals surface area contributed by atoms with Crippen molar-refractivity contribution in [3.05, 3.63) is 23.8 Å². The van der Waals surface area contributed by atoms with Crippen LogP contribution in [0.15, 0.2) is 18.2 Å². The van der Waals surface area contributed by atoms with Crippen molar-refractivity contribution < 1.29 is 19.7 Å². The molecule has 1 aliphatic rings. The van der Waals surface area contributed by atoms with Gasteiger partial charge < -0.3 is 20.7 Å². The summed E-state index contributed by atoms with van der Waals surface area (Å²) < 4.78 is 5.38. The van der Waals surface area contributed by atoms with Gasteiger partial charge in [-0.25, -0.2) is 0 Å². The van der Waals surface area contributed by atoms with Gasteiger partial charge in [0.05, 0.1) is 19.1 Å². The number of nitrogens with two attached hydrogens (primary N) is 1. The highest BCUT2D eigenvalue weighted by molar-refractivity contribution is 5.67. The Balaban J connectivity index is 2.26. The van der Waals surface area contributed by atoms with E-state index in [0.717, 1.165) is 0 Å². The maximum atomic E-state index is 10.6. The minimum absolute atomic E-state index is 0.116. The molecule has 5 heteroatoms. The summed E-state index contributed by atoms with van der Waals surface area (Å²) in [7, 11) is 0. The Morgan fingerprint density at radius 3 is 3.00 bits per heavy atom. The van der Waals surface area contributed by atoms with Crippen molar-refractivity contribution >= 4 is 11.7 Å². The SMILES string of the molecule is Nc1ccc2c(c1)C(O)C(CC(=O)O)CO2. The van der Waals surface area contributed by atoms with Crippen molar-refractivity contribution in [2.45, 2.75) is 12.5 Å². The van der Waals surface area contributed by atoms with E-state index in [2.05, 4.69) is 0 Å². The molecule has 16 heavy (non-hydrogen) atoms. The quantitative estimate of drug-likeness (QED) is 0.644. The number of hydrogen-bond acceptors (Lipinski definition) is 4. The summed E-state index contributed by atoms with van der Waals surface area (Å²) in [5.41, 5.74) is 6.70. The summed E-state index contributed by atoms with van der Waals surface area (Å²) in [6.45, 7) is 0.213. The average molecular weight is 223 g/mol. The summed E-state index contributed by atoms with van der Waals surface area (Å²) in [6.07, 6.45) is -0.946. The zero-order valence-corrected chi connectivity index (χ0v) is 8.59. The number of aliphatic hydroxyl groups is 1. The second kappa shape index (κ2) is 4.02. The second-order valence-electron chi connectivity index (χ2n) is 3.91. The van der Waals surface area contributed by atoms with Crippen LogP contribution >= 0.6 is 0 Å². The third-order valence-electron chi connectivity index (χ3n) is 2.69. The molecule has 1 aromatic rings. The Labute approximate surface area is 92.5 Å². The molecule has 0 aromatic heterocycles. The molecular weight excluding hydrogens is 210 g/mol. The largest absolute Gasteiger partial charge is 0.493 e. The summed E-state index contributed by atoms with van der Waals surface area (Å²) in [5.74, 6) is -0.796. The van der Waals surface area contributed by atoms with Gasteiger partial charge in [0.25, 0.3) is 0 Å². The molecular formula is C11H13NO4. The van der Waals surface area contributed by atoms with E-state index in [9.17, 15) is 9.90 Å². The fourth-order valence-corrected chi connectivity index (χ4v) is 1.87. The Hall–Kier alpha value is -1.75. The Kier molecular flexibility index (Phi) is 2.70. The van der Waals surface area contributed by atoms with Gasteiger partial charge in [-0.2, -0.15) is 0 Å². The van der Waals surface area contributed by atoms with Gasteiger partial charge in [0.1, 0.15) is 5.75 Å². The zero-order chi connectivity index (χ0) is 11.7. The van der Waals surface area contributed by atoms with Gasteiger partial charge in [-0.15, -0.1) is 0 Å². The van der Waals surface area contributed by atoms with Gasteiger partial charge in [-0.3, -0.25) is 4.79 Å². The highest BCUT2D eigenvalue weighted by atomic mass is 16.5. The number of carbonyl (C=O) groups is 1. The maximum Gasteiger partial charge on any atom is 0.303 e. The minimum Gasteiger partial charge on any atom is -0.493 e. The highest BCUT2D eigenvalue weighted by Crippen LogP contribution is 2.37. The van der Waals surface area contributed by atoms with E-state index >= 15 is 0 Å². The molecule has 0 saturated carbocycles. The molecule has 0 radical (unpaired) electrons. The molecule has 0 aliphatic carbocycles. The Morgan fingerprint density at radius 1 is 1.56 bits per heavy atom. The molecule has 0 spiro atoms. The van der Waals surface area contributed by atoms with E-state index in [4.69, 9.17) is 15.6 Å². The third-order valence-corrected chi connectivity index (χ3v) is 2.69. The lowest BCUT2D eigenvalue weighted by molar-refractivity contribution is -0.140. The van der Waals surface area contributed by atoms with Crippen LogP contribution in [0.2, 0.25) is 0 Å². The van der Waals surface area contributed by atoms with E-state index in [0.29, 0.717) is 17.0 Å². The van der Waals surface area contributed by atoms with Crippen molar-refractivity contribution in [3.8, 4) is 5.75 Å². The monoisotopic (exact) mass is 223 g/mol. The van der Waals surface area contributed by atoms with Crippen LogP contribution in [0.3, 0.4) is 0 Å². The second-order valence-corrected chi connectivity index (χ2v) is 3.91. The van der Waals surface area contributed by atoms with Crippen LogP contribution in [-0.2, 0) is 4.79 Å². The number of carboxylic acids is 1. The molecule has 0 amide bonds. The molecule has 0 saturated heterocycles. The molecule has 4 N–H and O–H groups in total. The lowest BCUT2D eigenvalue weighted by Crippen LogP contribution is -2.28. The first-order valence-electron chi connectivity index (χ1n) is 5.00. The van der Waals surface area contributed by atoms with Crippen molar-refractivity contribution in [1.29, 1.82) is 0 Å². The molecule has 1 heterocycles. The average Bonchev–Trinajstić information content (AvgIpc) is 2.22. The lowest BCUT2D eigenvalue weighted by atomic mass is 9.90. The minimum atomic E-state index is -0.944. The fourth-order valence-electron chi connectivity index (χ4n) is 1.87. The van der Waals surface area contributed by atoms with E-state index in [1.807, 2.05) is 0 Å². The topological polar surface area (TPSA) is 92.8 Å². The van der Waals surface area contributed by atoms with Crippen LogP contribution in [0.4, 0.5) is 5.69 Å². The van der Waals surface area contributed by atoms with Crippen LogP contribution in [-0.4, -0.2) is 22.8 Å². The number of aliphatic carboxylic acids is 1. The van der Waals surface area contributed by atoms with Gasteiger partial charge in [0, 0.05) is 17.2 Å². The number of aliphatic hydroxyl groups excluding tert-OH is 1. The number of fused-ring (bicyclic) bond motifs is 1. The number of benzene rings is 1. The highest BCUT2D eigenvalue weighted by Gasteiger charge is 2.31. The van der Waals surface area contributed by atoms with Crippen LogP contribution < -0.4 is 10.5 Å². The Bertz CT molecular complexity index is 418. The van der Waals surface area contributed by atoms with Crippen LogP contribution in [0.1, 0.15) is 18.1 Å². The van der Waals surface area contributed by atoms with E-state index in [-0.39, 0.29) is 13.0 Å². The van der Waals surface area contributed by atoms with E-state index in [1.54, 1.807) is 18.2 Å². The van der Waals surface area contributed by atoms with Gasteiger partial charge in [-0.05, 0) is 18.2 Å². The molecule has 2 rings (SSSR count). The van der Waals surface area contributed by atoms with Gasteiger partial charge in [0.15, 0.2) is 0 Å². The summed E-state index contributed by atoms with van der Waals surface area (Å²) in [6, 6.07) is 4.99. The van der Waals surface area contributed by atoms with Crippen molar-refractivity contribution in [3.63, 3.8) is 0 Å². The van der Waals surface area contributed by atoms with Crippen LogP contribution in [0.5, 0.6) is 5.75 Å². The van der Waals surface area contributed by atoms with E-state index in [1.165, 1.54) is 0 Å². The first-order valence-corrected chi connectivity index (χ1v) is 5.00. The molecule has 1 aliphatic heterocycles. The number of ether oxygens (including phenoxy) is 1. The molecule has 86 valence electrons. The third kappa shape index (κ3) is 1.94. The molecule has 2 unspecified atom stereocenters. The first kappa shape index (κ1) is 10.8. The number of carboxylic acid groups (broad SMARTS) is 1. The normalized spacial score (nSPS) is 23.3. The molecule has 0 bridgehead atoms. The van der Waals surface area contributed by atoms with Crippen molar-refractivity contribution in [2.24, 2.45) is 5.92 Å². The summed E-state index contributed by atoms with van der Waals surface area (Å²) in [5, 5.41) is 18.7.